The first kappa shape index (κ1) is 10.4. The van der Waals surface area contributed by atoms with E-state index in [1.165, 1.54) is 19.1 Å². The lowest BCUT2D eigenvalue weighted by molar-refractivity contribution is 0.145. The van der Waals surface area contributed by atoms with E-state index in [1.807, 2.05) is 0 Å². The van der Waals surface area contributed by atoms with Crippen molar-refractivity contribution in [3.05, 3.63) is 30.1 Å². The predicted molar refractivity (Wildman–Crippen MR) is 47.0 cm³/mol. The number of nitrogens with zero attached hydrogens (tertiary/aromatic N) is 1. The second kappa shape index (κ2) is 4.55. The van der Waals surface area contributed by atoms with E-state index in [0.29, 0.717) is 0 Å². The molecule has 0 atom stereocenters. The minimum absolute atomic E-state index is 0.0354. The molecule has 0 aliphatic carbocycles. The zero-order valence-electron chi connectivity index (χ0n) is 7.54. The number of ether oxygens (including phenoxy) is 1. The highest BCUT2D eigenvalue weighted by Gasteiger charge is 2.19. The van der Waals surface area contributed by atoms with Gasteiger partial charge in [-0.2, -0.15) is 0 Å². The average Bonchev–Trinajstić information content (AvgIpc) is 2.18. The summed E-state index contributed by atoms with van der Waals surface area (Å²) >= 11 is 0. The molecule has 0 bridgehead atoms. The van der Waals surface area contributed by atoms with Crippen LogP contribution >= 0.6 is 0 Å². The second-order valence-corrected chi connectivity index (χ2v) is 2.43. The van der Waals surface area contributed by atoms with Gasteiger partial charge >= 0.3 is 6.09 Å². The monoisotopic (exact) mass is 201 g/mol. The molecule has 0 aliphatic heterocycles. The van der Waals surface area contributed by atoms with Crippen molar-refractivity contribution in [1.29, 1.82) is 0 Å². The number of hydrogen-bond acceptors (Lipinski definition) is 2. The Hall–Kier alpha value is -1.65. The van der Waals surface area contributed by atoms with Gasteiger partial charge < -0.3 is 4.74 Å². The van der Waals surface area contributed by atoms with Crippen LogP contribution in [-0.2, 0) is 4.74 Å². The summed E-state index contributed by atoms with van der Waals surface area (Å²) < 4.78 is 30.4. The van der Waals surface area contributed by atoms with Gasteiger partial charge in [-0.05, 0) is 19.1 Å². The van der Waals surface area contributed by atoms with Crippen molar-refractivity contribution in [2.75, 3.05) is 11.7 Å². The number of anilines is 1. The van der Waals surface area contributed by atoms with Gasteiger partial charge in [-0.1, -0.05) is 16.6 Å². The van der Waals surface area contributed by atoms with Crippen LogP contribution in [0, 0.1) is 5.82 Å². The third kappa shape index (κ3) is 2.18. The Morgan fingerprint density at radius 2 is 2.14 bits per heavy atom. The fraction of sp³-hybridized carbons (Fsp3) is 0.222. The molecule has 76 valence electrons. The standard InChI is InChI=1S/C9H9F2NO2/c1-2-14-9(13)12(11)8-6-4-3-5-7(8)10/h3-6H,2H2,1H3. The van der Waals surface area contributed by atoms with Gasteiger partial charge in [0, 0.05) is 0 Å². The highest BCUT2D eigenvalue weighted by atomic mass is 19.2. The number of carbonyl (C=O) groups excluding carboxylic acids is 1. The summed E-state index contributed by atoms with van der Waals surface area (Å²) in [5.41, 5.74) is -0.453. The Kier molecular flexibility index (Phi) is 3.39. The maximum Gasteiger partial charge on any atom is 0.443 e. The Balaban J connectivity index is 2.84. The number of para-hydroxylation sites is 1. The molecule has 0 spiro atoms. The Morgan fingerprint density at radius 3 is 2.71 bits per heavy atom. The van der Waals surface area contributed by atoms with Gasteiger partial charge in [0.15, 0.2) is 0 Å². The zero-order valence-corrected chi connectivity index (χ0v) is 7.54. The number of amides is 1. The van der Waals surface area contributed by atoms with Crippen molar-refractivity contribution < 1.29 is 18.4 Å². The van der Waals surface area contributed by atoms with Crippen molar-refractivity contribution in [2.24, 2.45) is 0 Å². The van der Waals surface area contributed by atoms with Crippen LogP contribution in [0.4, 0.5) is 19.4 Å². The lowest BCUT2D eigenvalue weighted by Gasteiger charge is -2.11. The maximum atomic E-state index is 13.1. The molecule has 5 heteroatoms. The Bertz CT molecular complexity index is 330. The Labute approximate surface area is 79.8 Å². The van der Waals surface area contributed by atoms with E-state index in [1.54, 1.807) is 0 Å². The second-order valence-electron chi connectivity index (χ2n) is 2.43. The van der Waals surface area contributed by atoms with Crippen molar-refractivity contribution in [2.45, 2.75) is 6.92 Å². The summed E-state index contributed by atoms with van der Waals surface area (Å²) in [6, 6.07) is 5.02. The minimum atomic E-state index is -1.22. The third-order valence-corrected chi connectivity index (χ3v) is 1.49. The molecule has 0 heterocycles. The maximum absolute atomic E-state index is 13.1. The molecule has 0 N–H and O–H groups in total. The quantitative estimate of drug-likeness (QED) is 0.688. The molecule has 0 radical (unpaired) electrons. The average molecular weight is 201 g/mol. The fourth-order valence-electron chi connectivity index (χ4n) is 0.889. The van der Waals surface area contributed by atoms with Crippen molar-refractivity contribution >= 4 is 11.8 Å². The molecule has 0 aromatic heterocycles. The molecule has 0 saturated carbocycles. The zero-order chi connectivity index (χ0) is 10.6. The van der Waals surface area contributed by atoms with Crippen LogP contribution < -0.4 is 5.12 Å². The minimum Gasteiger partial charge on any atom is -0.448 e. The van der Waals surface area contributed by atoms with Crippen LogP contribution in [-0.4, -0.2) is 12.7 Å². The van der Waals surface area contributed by atoms with Crippen LogP contribution in [0.3, 0.4) is 0 Å². The van der Waals surface area contributed by atoms with E-state index in [0.717, 1.165) is 12.1 Å². The van der Waals surface area contributed by atoms with E-state index in [2.05, 4.69) is 4.74 Å². The number of carbonyl (C=O) groups is 1. The van der Waals surface area contributed by atoms with Crippen molar-refractivity contribution in [3.63, 3.8) is 0 Å². The van der Waals surface area contributed by atoms with Crippen LogP contribution in [0.15, 0.2) is 24.3 Å². The molecule has 1 aromatic carbocycles. The predicted octanol–water partition coefficient (Wildman–Crippen LogP) is 2.67. The first-order chi connectivity index (χ1) is 6.66. The molecule has 3 nitrogen and oxygen atoms in total. The van der Waals surface area contributed by atoms with Gasteiger partial charge in [-0.3, -0.25) is 0 Å². The summed E-state index contributed by atoms with van der Waals surface area (Å²) in [6.45, 7) is 1.57. The van der Waals surface area contributed by atoms with Gasteiger partial charge in [0.1, 0.15) is 11.5 Å². The SMILES string of the molecule is CCOC(=O)N(F)c1ccccc1F. The van der Waals surface area contributed by atoms with Crippen LogP contribution in [0.2, 0.25) is 0 Å². The summed E-state index contributed by atoms with van der Waals surface area (Å²) in [6.07, 6.45) is -1.22. The first-order valence-corrected chi connectivity index (χ1v) is 4.04. The molecule has 0 aliphatic rings. The van der Waals surface area contributed by atoms with Crippen molar-refractivity contribution in [1.82, 2.24) is 0 Å². The van der Waals surface area contributed by atoms with Crippen LogP contribution in [0.25, 0.3) is 0 Å². The molecule has 1 rings (SSSR count). The largest absolute Gasteiger partial charge is 0.448 e. The number of benzene rings is 1. The highest BCUT2D eigenvalue weighted by Crippen LogP contribution is 2.19. The van der Waals surface area contributed by atoms with E-state index < -0.39 is 17.6 Å². The topological polar surface area (TPSA) is 29.5 Å². The van der Waals surface area contributed by atoms with Gasteiger partial charge in [-0.25, -0.2) is 9.18 Å². The molecule has 0 saturated heterocycles. The molecule has 1 amide bonds. The van der Waals surface area contributed by atoms with Crippen LogP contribution in [0.5, 0.6) is 0 Å². The van der Waals surface area contributed by atoms with Gasteiger partial charge in [0.2, 0.25) is 0 Å². The number of rotatable bonds is 2. The van der Waals surface area contributed by atoms with Crippen LogP contribution in [0.1, 0.15) is 6.92 Å². The first-order valence-electron chi connectivity index (χ1n) is 4.04. The van der Waals surface area contributed by atoms with E-state index in [-0.39, 0.29) is 11.7 Å². The molecular weight excluding hydrogens is 192 g/mol. The van der Waals surface area contributed by atoms with E-state index >= 15 is 0 Å². The van der Waals surface area contributed by atoms with E-state index in [9.17, 15) is 13.7 Å². The lowest BCUT2D eigenvalue weighted by Crippen LogP contribution is -2.23. The van der Waals surface area contributed by atoms with Crippen molar-refractivity contribution in [3.8, 4) is 0 Å². The molecule has 14 heavy (non-hydrogen) atoms. The molecule has 0 unspecified atom stereocenters. The Morgan fingerprint density at radius 1 is 1.50 bits per heavy atom. The molecule has 1 aromatic rings. The normalized spacial score (nSPS) is 9.64. The van der Waals surface area contributed by atoms with Gasteiger partial charge in [-0.15, -0.1) is 5.12 Å². The summed E-state index contributed by atoms with van der Waals surface area (Å²) in [7, 11) is 0. The summed E-state index contributed by atoms with van der Waals surface area (Å²) in [5, 5.41) is -0.362. The van der Waals surface area contributed by atoms with Gasteiger partial charge in [0.05, 0.1) is 6.61 Å². The smallest absolute Gasteiger partial charge is 0.443 e. The highest BCUT2D eigenvalue weighted by molar-refractivity contribution is 5.85. The fourth-order valence-corrected chi connectivity index (χ4v) is 0.889. The van der Waals surface area contributed by atoms with E-state index in [4.69, 9.17) is 0 Å². The summed E-state index contributed by atoms with van der Waals surface area (Å²) in [4.78, 5) is 10.9. The molecular formula is C9H9F2NO2. The lowest BCUT2D eigenvalue weighted by atomic mass is 10.3. The third-order valence-electron chi connectivity index (χ3n) is 1.49. The number of halogens is 2. The van der Waals surface area contributed by atoms with Gasteiger partial charge in [0.25, 0.3) is 0 Å². The molecule has 0 fully saturated rings. The summed E-state index contributed by atoms with van der Waals surface area (Å²) in [5.74, 6) is -0.817. The number of hydrogen-bond donors (Lipinski definition) is 0.